The van der Waals surface area contributed by atoms with Gasteiger partial charge in [-0.15, -0.1) is 0 Å². The van der Waals surface area contributed by atoms with E-state index in [4.69, 9.17) is 9.47 Å². The van der Waals surface area contributed by atoms with Gasteiger partial charge in [0.15, 0.2) is 6.10 Å². The number of hydrogen-bond acceptors (Lipinski definition) is 4. The highest BCUT2D eigenvalue weighted by atomic mass is 19.1. The Hall–Kier alpha value is -1.66. The van der Waals surface area contributed by atoms with Crippen molar-refractivity contribution in [3.8, 4) is 5.75 Å². The number of ether oxygens (including phenoxy) is 2. The fourth-order valence-corrected chi connectivity index (χ4v) is 1.62. The van der Waals surface area contributed by atoms with Gasteiger partial charge in [0, 0.05) is 19.2 Å². The predicted octanol–water partition coefficient (Wildman–Crippen LogP) is 1.41. The Kier molecular flexibility index (Phi) is 6.41. The lowest BCUT2D eigenvalue weighted by Gasteiger charge is -2.18. The standard InChI is InChI=1S/C14H20FNO4/c1-9(17)12-8-11(15)4-5-13(12)20-10(2)14(18)16-6-7-19-3/h4-5,8-10,17H,6-7H2,1-3H3,(H,16,18)/t9-,10?/m1/s1. The molecular weight excluding hydrogens is 265 g/mol. The predicted molar refractivity (Wildman–Crippen MR) is 72.0 cm³/mol. The molecule has 0 fully saturated rings. The first-order valence-electron chi connectivity index (χ1n) is 6.36. The van der Waals surface area contributed by atoms with E-state index in [1.165, 1.54) is 25.1 Å². The molecule has 0 bridgehead atoms. The van der Waals surface area contributed by atoms with E-state index >= 15 is 0 Å². The molecule has 2 N–H and O–H groups in total. The van der Waals surface area contributed by atoms with Gasteiger partial charge in [0.2, 0.25) is 0 Å². The molecule has 0 heterocycles. The van der Waals surface area contributed by atoms with Crippen LogP contribution in [0.5, 0.6) is 5.75 Å². The molecule has 1 rings (SSSR count). The number of carbonyl (C=O) groups excluding carboxylic acids is 1. The Morgan fingerprint density at radius 3 is 2.75 bits per heavy atom. The van der Waals surface area contributed by atoms with Gasteiger partial charge in [0.05, 0.1) is 12.7 Å². The fraction of sp³-hybridized carbons (Fsp3) is 0.500. The second-order valence-corrected chi connectivity index (χ2v) is 4.40. The summed E-state index contributed by atoms with van der Waals surface area (Å²) in [5.74, 6) is -0.482. The largest absolute Gasteiger partial charge is 0.481 e. The molecule has 0 aliphatic heterocycles. The van der Waals surface area contributed by atoms with Gasteiger partial charge in [-0.3, -0.25) is 4.79 Å². The van der Waals surface area contributed by atoms with Gasteiger partial charge in [-0.05, 0) is 32.0 Å². The van der Waals surface area contributed by atoms with Crippen LogP contribution in [0.3, 0.4) is 0 Å². The SMILES string of the molecule is COCCNC(=O)C(C)Oc1ccc(F)cc1[C@@H](C)O. The summed E-state index contributed by atoms with van der Waals surface area (Å²) in [5.41, 5.74) is 0.307. The maximum Gasteiger partial charge on any atom is 0.260 e. The minimum atomic E-state index is -0.885. The lowest BCUT2D eigenvalue weighted by Crippen LogP contribution is -2.38. The summed E-state index contributed by atoms with van der Waals surface area (Å²) in [7, 11) is 1.54. The number of aliphatic hydroxyl groups excluding tert-OH is 1. The van der Waals surface area contributed by atoms with Crippen LogP contribution in [0.4, 0.5) is 4.39 Å². The smallest absolute Gasteiger partial charge is 0.260 e. The summed E-state index contributed by atoms with van der Waals surface area (Å²) in [4.78, 5) is 11.7. The van der Waals surface area contributed by atoms with E-state index in [9.17, 15) is 14.3 Å². The number of halogens is 1. The van der Waals surface area contributed by atoms with Crippen LogP contribution in [0.1, 0.15) is 25.5 Å². The zero-order valence-electron chi connectivity index (χ0n) is 11.9. The van der Waals surface area contributed by atoms with Gasteiger partial charge in [-0.25, -0.2) is 4.39 Å². The number of rotatable bonds is 7. The Labute approximate surface area is 117 Å². The third kappa shape index (κ3) is 4.79. The van der Waals surface area contributed by atoms with Crippen molar-refractivity contribution in [2.24, 2.45) is 0 Å². The molecule has 0 spiro atoms. The first-order chi connectivity index (χ1) is 9.45. The molecule has 0 aliphatic rings. The average molecular weight is 285 g/mol. The first kappa shape index (κ1) is 16.4. The van der Waals surface area contributed by atoms with Gasteiger partial charge in [0.25, 0.3) is 5.91 Å². The highest BCUT2D eigenvalue weighted by Crippen LogP contribution is 2.26. The number of carbonyl (C=O) groups is 1. The van der Waals surface area contributed by atoms with Crippen molar-refractivity contribution in [2.45, 2.75) is 26.1 Å². The van der Waals surface area contributed by atoms with Crippen molar-refractivity contribution in [1.82, 2.24) is 5.32 Å². The summed E-state index contributed by atoms with van der Waals surface area (Å²) in [6.07, 6.45) is -1.64. The van der Waals surface area contributed by atoms with Gasteiger partial charge < -0.3 is 19.9 Å². The van der Waals surface area contributed by atoms with Crippen molar-refractivity contribution in [3.63, 3.8) is 0 Å². The van der Waals surface area contributed by atoms with E-state index < -0.39 is 18.0 Å². The maximum absolute atomic E-state index is 13.1. The van der Waals surface area contributed by atoms with Crippen LogP contribution >= 0.6 is 0 Å². The molecular formula is C14H20FNO4. The van der Waals surface area contributed by atoms with Crippen molar-refractivity contribution < 1.29 is 23.8 Å². The molecule has 6 heteroatoms. The van der Waals surface area contributed by atoms with Gasteiger partial charge in [-0.2, -0.15) is 0 Å². The van der Waals surface area contributed by atoms with Crippen molar-refractivity contribution in [2.75, 3.05) is 20.3 Å². The summed E-state index contributed by atoms with van der Waals surface area (Å²) >= 11 is 0. The van der Waals surface area contributed by atoms with Crippen LogP contribution in [-0.4, -0.2) is 37.4 Å². The summed E-state index contributed by atoms with van der Waals surface area (Å²) in [5, 5.41) is 12.2. The molecule has 0 saturated heterocycles. The highest BCUT2D eigenvalue weighted by molar-refractivity contribution is 5.80. The summed E-state index contributed by atoms with van der Waals surface area (Å²) in [6.45, 7) is 3.88. The summed E-state index contributed by atoms with van der Waals surface area (Å²) < 4.78 is 23.4. The van der Waals surface area contributed by atoms with Crippen molar-refractivity contribution in [1.29, 1.82) is 0 Å². The van der Waals surface area contributed by atoms with E-state index in [1.54, 1.807) is 14.0 Å². The van der Waals surface area contributed by atoms with Gasteiger partial charge in [-0.1, -0.05) is 0 Å². The topological polar surface area (TPSA) is 67.8 Å². The molecule has 20 heavy (non-hydrogen) atoms. The second kappa shape index (κ2) is 7.81. The molecule has 112 valence electrons. The molecule has 0 aromatic heterocycles. The third-order valence-electron chi connectivity index (χ3n) is 2.70. The maximum atomic E-state index is 13.1. The van der Waals surface area contributed by atoms with E-state index in [1.807, 2.05) is 0 Å². The number of methoxy groups -OCH3 is 1. The van der Waals surface area contributed by atoms with Crippen LogP contribution in [0.25, 0.3) is 0 Å². The minimum Gasteiger partial charge on any atom is -0.481 e. The van der Waals surface area contributed by atoms with Crippen LogP contribution in [-0.2, 0) is 9.53 Å². The van der Waals surface area contributed by atoms with Gasteiger partial charge in [0.1, 0.15) is 11.6 Å². The molecule has 1 aromatic rings. The lowest BCUT2D eigenvalue weighted by atomic mass is 10.1. The molecule has 1 unspecified atom stereocenters. The van der Waals surface area contributed by atoms with E-state index in [-0.39, 0.29) is 11.7 Å². The van der Waals surface area contributed by atoms with Crippen LogP contribution in [0.2, 0.25) is 0 Å². The highest BCUT2D eigenvalue weighted by Gasteiger charge is 2.18. The number of hydrogen-bond donors (Lipinski definition) is 2. The van der Waals surface area contributed by atoms with E-state index in [2.05, 4.69) is 5.32 Å². The van der Waals surface area contributed by atoms with Crippen molar-refractivity contribution >= 4 is 5.91 Å². The molecule has 0 saturated carbocycles. The van der Waals surface area contributed by atoms with Crippen molar-refractivity contribution in [3.05, 3.63) is 29.6 Å². The molecule has 0 aliphatic carbocycles. The van der Waals surface area contributed by atoms with E-state index in [0.29, 0.717) is 18.7 Å². The molecule has 0 radical (unpaired) electrons. The summed E-state index contributed by atoms with van der Waals surface area (Å²) in [6, 6.07) is 3.81. The van der Waals surface area contributed by atoms with Crippen LogP contribution < -0.4 is 10.1 Å². The van der Waals surface area contributed by atoms with Crippen LogP contribution in [0, 0.1) is 5.82 Å². The second-order valence-electron chi connectivity index (χ2n) is 4.40. The monoisotopic (exact) mass is 285 g/mol. The molecule has 2 atom stereocenters. The normalized spacial score (nSPS) is 13.7. The Bertz CT molecular complexity index is 451. The third-order valence-corrected chi connectivity index (χ3v) is 2.70. The van der Waals surface area contributed by atoms with Crippen LogP contribution in [0.15, 0.2) is 18.2 Å². The number of nitrogens with one attached hydrogen (secondary N) is 1. The number of amides is 1. The number of benzene rings is 1. The quantitative estimate of drug-likeness (QED) is 0.743. The first-order valence-corrected chi connectivity index (χ1v) is 6.36. The van der Waals surface area contributed by atoms with E-state index in [0.717, 1.165) is 0 Å². The number of aliphatic hydroxyl groups is 1. The molecule has 1 amide bonds. The zero-order valence-corrected chi connectivity index (χ0v) is 11.9. The Balaban J connectivity index is 2.70. The molecule has 1 aromatic carbocycles. The Morgan fingerprint density at radius 2 is 2.15 bits per heavy atom. The zero-order chi connectivity index (χ0) is 15.1. The Morgan fingerprint density at radius 1 is 1.45 bits per heavy atom. The average Bonchev–Trinajstić information content (AvgIpc) is 2.40. The lowest BCUT2D eigenvalue weighted by molar-refractivity contribution is -0.127. The fourth-order valence-electron chi connectivity index (χ4n) is 1.62. The molecule has 5 nitrogen and oxygen atoms in total. The minimum absolute atomic E-state index is 0.288. The van der Waals surface area contributed by atoms with Gasteiger partial charge >= 0.3 is 0 Å².